The van der Waals surface area contributed by atoms with E-state index in [9.17, 15) is 4.79 Å². The average Bonchev–Trinajstić information content (AvgIpc) is 2.65. The molecule has 0 heterocycles. The molecule has 0 aliphatic heterocycles. The normalized spacial score (nSPS) is 10.8. The maximum atomic E-state index is 10.9. The molecule has 3 aromatic rings. The molecule has 0 aliphatic carbocycles. The first-order valence-electron chi connectivity index (χ1n) is 8.74. The van der Waals surface area contributed by atoms with Crippen LogP contribution in [0.1, 0.15) is 29.3 Å². The Morgan fingerprint density at radius 2 is 1.68 bits per heavy atom. The Hall–Kier alpha value is -2.81. The topological polar surface area (TPSA) is 40.5 Å². The lowest BCUT2D eigenvalue weighted by atomic mass is 10.1. The molecule has 0 saturated heterocycles. The van der Waals surface area contributed by atoms with Gasteiger partial charge in [0.2, 0.25) is 0 Å². The monoisotopic (exact) mass is 333 g/mol. The number of nitrogens with zero attached hydrogens (tertiary/aromatic N) is 1. The van der Waals surface area contributed by atoms with E-state index in [2.05, 4.69) is 54.3 Å². The number of benzene rings is 3. The largest absolute Gasteiger partial charge is 0.478 e. The lowest BCUT2D eigenvalue weighted by Gasteiger charge is -2.24. The number of hydrogen-bond acceptors (Lipinski definition) is 2. The maximum Gasteiger partial charge on any atom is 0.335 e. The SMILES string of the molecule is CCN(CCCc1ccc(C(=O)O)cc1)c1cccc2ccccc12. The van der Waals surface area contributed by atoms with Gasteiger partial charge in [-0.05, 0) is 48.9 Å². The Bertz CT molecular complexity index is 850. The molecule has 0 aliphatic rings. The van der Waals surface area contributed by atoms with Gasteiger partial charge in [0.15, 0.2) is 0 Å². The smallest absolute Gasteiger partial charge is 0.335 e. The van der Waals surface area contributed by atoms with Crippen LogP contribution >= 0.6 is 0 Å². The molecule has 0 unspecified atom stereocenters. The van der Waals surface area contributed by atoms with Crippen molar-refractivity contribution in [3.8, 4) is 0 Å². The molecule has 1 N–H and O–H groups in total. The zero-order valence-corrected chi connectivity index (χ0v) is 14.5. The van der Waals surface area contributed by atoms with Gasteiger partial charge in [0, 0.05) is 24.2 Å². The number of fused-ring (bicyclic) bond motifs is 1. The van der Waals surface area contributed by atoms with Gasteiger partial charge in [-0.2, -0.15) is 0 Å². The van der Waals surface area contributed by atoms with E-state index in [1.54, 1.807) is 12.1 Å². The number of carbonyl (C=O) groups is 1. The van der Waals surface area contributed by atoms with Crippen molar-refractivity contribution in [3.63, 3.8) is 0 Å². The van der Waals surface area contributed by atoms with E-state index in [1.165, 1.54) is 22.0 Å². The lowest BCUT2D eigenvalue weighted by molar-refractivity contribution is 0.0697. The number of carboxylic acids is 1. The van der Waals surface area contributed by atoms with Gasteiger partial charge in [0.1, 0.15) is 0 Å². The molecular weight excluding hydrogens is 310 g/mol. The van der Waals surface area contributed by atoms with Gasteiger partial charge in [-0.3, -0.25) is 0 Å². The zero-order chi connectivity index (χ0) is 17.6. The van der Waals surface area contributed by atoms with Crippen molar-refractivity contribution in [1.82, 2.24) is 0 Å². The summed E-state index contributed by atoms with van der Waals surface area (Å²) in [7, 11) is 0. The van der Waals surface area contributed by atoms with Crippen molar-refractivity contribution in [2.24, 2.45) is 0 Å². The van der Waals surface area contributed by atoms with Crippen LogP contribution in [0.4, 0.5) is 5.69 Å². The Balaban J connectivity index is 1.67. The quantitative estimate of drug-likeness (QED) is 0.661. The molecule has 0 bridgehead atoms. The van der Waals surface area contributed by atoms with Gasteiger partial charge < -0.3 is 10.0 Å². The highest BCUT2D eigenvalue weighted by atomic mass is 16.4. The van der Waals surface area contributed by atoms with Crippen LogP contribution in [0.3, 0.4) is 0 Å². The molecular formula is C22H23NO2. The molecule has 128 valence electrons. The molecule has 0 aromatic heterocycles. The van der Waals surface area contributed by atoms with Crippen molar-refractivity contribution in [3.05, 3.63) is 77.9 Å². The van der Waals surface area contributed by atoms with Crippen LogP contribution in [0, 0.1) is 0 Å². The van der Waals surface area contributed by atoms with E-state index in [1.807, 2.05) is 12.1 Å². The third-order valence-corrected chi connectivity index (χ3v) is 4.58. The Morgan fingerprint density at radius 1 is 0.960 bits per heavy atom. The molecule has 0 fully saturated rings. The minimum Gasteiger partial charge on any atom is -0.478 e. The molecule has 0 saturated carbocycles. The molecule has 0 radical (unpaired) electrons. The molecule has 3 rings (SSSR count). The second kappa shape index (κ2) is 7.84. The number of aryl methyl sites for hydroxylation is 1. The van der Waals surface area contributed by atoms with E-state index in [0.29, 0.717) is 5.56 Å². The molecule has 25 heavy (non-hydrogen) atoms. The minimum absolute atomic E-state index is 0.342. The third kappa shape index (κ3) is 4.00. The Labute approximate surface area is 148 Å². The summed E-state index contributed by atoms with van der Waals surface area (Å²) >= 11 is 0. The van der Waals surface area contributed by atoms with Gasteiger partial charge in [-0.15, -0.1) is 0 Å². The predicted octanol–water partition coefficient (Wildman–Crippen LogP) is 5.00. The summed E-state index contributed by atoms with van der Waals surface area (Å²) in [6.07, 6.45) is 1.98. The molecule has 3 nitrogen and oxygen atoms in total. The van der Waals surface area contributed by atoms with Crippen LogP contribution in [0.25, 0.3) is 10.8 Å². The van der Waals surface area contributed by atoms with E-state index in [4.69, 9.17) is 5.11 Å². The first-order chi connectivity index (χ1) is 12.2. The van der Waals surface area contributed by atoms with E-state index in [-0.39, 0.29) is 0 Å². The number of rotatable bonds is 7. The van der Waals surface area contributed by atoms with Crippen molar-refractivity contribution in [2.45, 2.75) is 19.8 Å². The van der Waals surface area contributed by atoms with Crippen LogP contribution in [0.15, 0.2) is 66.7 Å². The summed E-state index contributed by atoms with van der Waals surface area (Å²) in [5.41, 5.74) is 2.80. The highest BCUT2D eigenvalue weighted by Crippen LogP contribution is 2.26. The van der Waals surface area contributed by atoms with Gasteiger partial charge in [0.25, 0.3) is 0 Å². The predicted molar refractivity (Wildman–Crippen MR) is 104 cm³/mol. The summed E-state index contributed by atoms with van der Waals surface area (Å²) in [6, 6.07) is 22.1. The van der Waals surface area contributed by atoms with Crippen LogP contribution in [-0.2, 0) is 6.42 Å². The summed E-state index contributed by atoms with van der Waals surface area (Å²) in [5, 5.41) is 11.5. The third-order valence-electron chi connectivity index (χ3n) is 4.58. The standard InChI is InChI=1S/C22H23NO2/c1-2-23(21-11-5-9-18-8-3-4-10-20(18)21)16-6-7-17-12-14-19(15-13-17)22(24)25/h3-5,8-15H,2,6-7,16H2,1H3,(H,24,25). The van der Waals surface area contributed by atoms with Crippen LogP contribution < -0.4 is 4.90 Å². The fourth-order valence-corrected chi connectivity index (χ4v) is 3.22. The van der Waals surface area contributed by atoms with Crippen molar-refractivity contribution in [2.75, 3.05) is 18.0 Å². The van der Waals surface area contributed by atoms with E-state index < -0.39 is 5.97 Å². The molecule has 3 aromatic carbocycles. The molecule has 0 amide bonds. The highest BCUT2D eigenvalue weighted by Gasteiger charge is 2.08. The van der Waals surface area contributed by atoms with E-state index in [0.717, 1.165) is 25.9 Å². The fourth-order valence-electron chi connectivity index (χ4n) is 3.22. The van der Waals surface area contributed by atoms with Crippen LogP contribution in [0.5, 0.6) is 0 Å². The first-order valence-corrected chi connectivity index (χ1v) is 8.74. The Morgan fingerprint density at radius 3 is 2.40 bits per heavy atom. The van der Waals surface area contributed by atoms with Crippen LogP contribution in [0.2, 0.25) is 0 Å². The zero-order valence-electron chi connectivity index (χ0n) is 14.5. The van der Waals surface area contributed by atoms with Gasteiger partial charge in [-0.1, -0.05) is 48.5 Å². The molecule has 3 heteroatoms. The second-order valence-corrected chi connectivity index (χ2v) is 6.18. The van der Waals surface area contributed by atoms with Crippen molar-refractivity contribution < 1.29 is 9.90 Å². The van der Waals surface area contributed by atoms with Gasteiger partial charge in [0.05, 0.1) is 5.56 Å². The summed E-state index contributed by atoms with van der Waals surface area (Å²) in [6.45, 7) is 4.13. The van der Waals surface area contributed by atoms with Gasteiger partial charge in [-0.25, -0.2) is 4.79 Å². The summed E-state index contributed by atoms with van der Waals surface area (Å²) in [4.78, 5) is 13.3. The van der Waals surface area contributed by atoms with E-state index >= 15 is 0 Å². The van der Waals surface area contributed by atoms with Crippen molar-refractivity contribution in [1.29, 1.82) is 0 Å². The van der Waals surface area contributed by atoms with Gasteiger partial charge >= 0.3 is 5.97 Å². The second-order valence-electron chi connectivity index (χ2n) is 6.18. The van der Waals surface area contributed by atoms with Crippen LogP contribution in [-0.4, -0.2) is 24.2 Å². The molecule has 0 atom stereocenters. The fraction of sp³-hybridized carbons (Fsp3) is 0.227. The number of hydrogen-bond donors (Lipinski definition) is 1. The number of aromatic carboxylic acids is 1. The summed E-state index contributed by atoms with van der Waals surface area (Å²) in [5.74, 6) is -0.875. The number of carboxylic acid groups (broad SMARTS) is 1. The lowest BCUT2D eigenvalue weighted by Crippen LogP contribution is -2.24. The first kappa shape index (κ1) is 17.0. The number of anilines is 1. The minimum atomic E-state index is -0.875. The maximum absolute atomic E-state index is 10.9. The Kier molecular flexibility index (Phi) is 5.34. The van der Waals surface area contributed by atoms with Crippen molar-refractivity contribution >= 4 is 22.4 Å². The molecule has 0 spiro atoms. The summed E-state index contributed by atoms with van der Waals surface area (Å²) < 4.78 is 0. The highest BCUT2D eigenvalue weighted by molar-refractivity contribution is 5.94. The average molecular weight is 333 g/mol.